The quantitative estimate of drug-likeness (QED) is 0.408. The van der Waals surface area contributed by atoms with Gasteiger partial charge in [0.05, 0.1) is 0 Å². The first-order valence-corrected chi connectivity index (χ1v) is 11.1. The van der Waals surface area contributed by atoms with Crippen LogP contribution in [0.4, 0.5) is 0 Å². The molecular weight excluding hydrogens is 275 g/mol. The van der Waals surface area contributed by atoms with E-state index >= 15 is 0 Å². The largest absolute Gasteiger partial charge is 0.109 e. The van der Waals surface area contributed by atoms with Gasteiger partial charge in [-0.15, -0.1) is 0 Å². The van der Waals surface area contributed by atoms with Gasteiger partial charge in [0.2, 0.25) is 0 Å². The van der Waals surface area contributed by atoms with Gasteiger partial charge in [0.15, 0.2) is 0 Å². The van der Waals surface area contributed by atoms with Crippen LogP contribution in [-0.4, -0.2) is 7.85 Å². The highest BCUT2D eigenvalue weighted by Gasteiger charge is 2.47. The van der Waals surface area contributed by atoms with Crippen LogP contribution < -0.4 is 0 Å². The van der Waals surface area contributed by atoms with Gasteiger partial charge in [-0.3, -0.25) is 0 Å². The van der Waals surface area contributed by atoms with Crippen LogP contribution in [0.3, 0.4) is 0 Å². The summed E-state index contributed by atoms with van der Waals surface area (Å²) in [7, 11) is 2.73. The molecule has 4 atom stereocenters. The van der Waals surface area contributed by atoms with Crippen LogP contribution in [0.5, 0.6) is 0 Å². The third-order valence-corrected chi connectivity index (χ3v) is 8.16. The lowest BCUT2D eigenvalue weighted by atomic mass is 9.48. The molecule has 132 valence electrons. The number of hydrogen-bond donors (Lipinski definition) is 0. The van der Waals surface area contributed by atoms with E-state index in [1.54, 1.807) is 19.3 Å². The third kappa shape index (κ3) is 4.01. The highest BCUT2D eigenvalue weighted by atomic mass is 14.5. The summed E-state index contributed by atoms with van der Waals surface area (Å²) < 4.78 is 0. The Morgan fingerprint density at radius 1 is 0.739 bits per heavy atom. The van der Waals surface area contributed by atoms with E-state index in [9.17, 15) is 0 Å². The second kappa shape index (κ2) is 7.96. The van der Waals surface area contributed by atoms with Crippen LogP contribution in [0.2, 0.25) is 5.31 Å². The van der Waals surface area contributed by atoms with Crippen molar-refractivity contribution < 1.29 is 0 Å². The molecular formula is C22H41B. The monoisotopic (exact) mass is 316 g/mol. The zero-order chi connectivity index (χ0) is 16.3. The molecule has 0 radical (unpaired) electrons. The summed E-state index contributed by atoms with van der Waals surface area (Å²) in [5, 5.41) is 0.656. The van der Waals surface area contributed by atoms with E-state index in [1.165, 1.54) is 70.6 Å². The summed E-state index contributed by atoms with van der Waals surface area (Å²) >= 11 is 0. The molecule has 0 saturated heterocycles. The van der Waals surface area contributed by atoms with Crippen molar-refractivity contribution in [3.63, 3.8) is 0 Å². The first-order chi connectivity index (χ1) is 11.1. The molecule has 0 nitrogen and oxygen atoms in total. The molecule has 0 amide bonds. The van der Waals surface area contributed by atoms with Gasteiger partial charge in [0.1, 0.15) is 7.85 Å². The molecule has 0 aromatic heterocycles. The fraction of sp³-hybridized carbons (Fsp3) is 1.00. The van der Waals surface area contributed by atoms with Crippen molar-refractivity contribution in [1.82, 2.24) is 0 Å². The standard InChI is InChI=1S/C22H41B/c1-17(2)19-14-10-12-18-11-6-5-7-13-20(18)21(19)22(23)15-8-3-4-9-16-22/h17-21H,3-16,23H2,1-2H3. The van der Waals surface area contributed by atoms with Crippen molar-refractivity contribution in [1.29, 1.82) is 0 Å². The van der Waals surface area contributed by atoms with Crippen LogP contribution in [0.25, 0.3) is 0 Å². The van der Waals surface area contributed by atoms with Gasteiger partial charge in [-0.25, -0.2) is 0 Å². The Morgan fingerprint density at radius 2 is 1.35 bits per heavy atom. The summed E-state index contributed by atoms with van der Waals surface area (Å²) in [4.78, 5) is 0. The maximum absolute atomic E-state index is 2.73. The van der Waals surface area contributed by atoms with E-state index in [-0.39, 0.29) is 0 Å². The molecule has 0 heterocycles. The minimum Gasteiger partial charge on any atom is -0.0625 e. The van der Waals surface area contributed by atoms with E-state index in [0.717, 1.165) is 29.6 Å². The highest BCUT2D eigenvalue weighted by molar-refractivity contribution is 6.15. The Kier molecular flexibility index (Phi) is 6.19. The van der Waals surface area contributed by atoms with E-state index in [0.29, 0.717) is 5.31 Å². The van der Waals surface area contributed by atoms with Gasteiger partial charge in [-0.2, -0.15) is 0 Å². The average Bonchev–Trinajstić information content (AvgIpc) is 2.93. The third-order valence-electron chi connectivity index (χ3n) is 8.16. The zero-order valence-corrected chi connectivity index (χ0v) is 16.3. The second-order valence-corrected chi connectivity index (χ2v) is 9.99. The van der Waals surface area contributed by atoms with Crippen LogP contribution in [0.15, 0.2) is 0 Å². The molecule has 0 N–H and O–H groups in total. The molecule has 0 aromatic carbocycles. The minimum absolute atomic E-state index is 0.656. The van der Waals surface area contributed by atoms with Crippen LogP contribution in [0.1, 0.15) is 104 Å². The average molecular weight is 316 g/mol. The van der Waals surface area contributed by atoms with E-state index in [4.69, 9.17) is 0 Å². The van der Waals surface area contributed by atoms with Gasteiger partial charge in [-0.1, -0.05) is 96.2 Å². The highest BCUT2D eigenvalue weighted by Crippen LogP contribution is 2.58. The molecule has 0 aliphatic heterocycles. The lowest BCUT2D eigenvalue weighted by Crippen LogP contribution is -2.39. The fourth-order valence-corrected chi connectivity index (χ4v) is 7.01. The molecule has 3 rings (SSSR count). The number of rotatable bonds is 2. The maximum atomic E-state index is 2.73. The van der Waals surface area contributed by atoms with E-state index in [2.05, 4.69) is 21.7 Å². The zero-order valence-electron chi connectivity index (χ0n) is 16.3. The predicted octanol–water partition coefficient (Wildman–Crippen LogP) is 6.40. The van der Waals surface area contributed by atoms with Crippen molar-refractivity contribution >= 4 is 7.85 Å². The Bertz CT molecular complexity index is 353. The summed E-state index contributed by atoms with van der Waals surface area (Å²) in [6.07, 6.45) is 21.4. The van der Waals surface area contributed by atoms with Crippen LogP contribution >= 0.6 is 0 Å². The first kappa shape index (κ1) is 17.9. The van der Waals surface area contributed by atoms with Crippen molar-refractivity contribution in [3.05, 3.63) is 0 Å². The Labute approximate surface area is 147 Å². The summed E-state index contributed by atoms with van der Waals surface area (Å²) in [5.74, 6) is 5.07. The molecule has 3 aliphatic rings. The van der Waals surface area contributed by atoms with Crippen LogP contribution in [-0.2, 0) is 0 Å². The smallest absolute Gasteiger partial charge is 0.0625 e. The normalized spacial score (nSPS) is 39.1. The van der Waals surface area contributed by atoms with Gasteiger partial charge in [0.25, 0.3) is 0 Å². The van der Waals surface area contributed by atoms with Gasteiger partial charge >= 0.3 is 0 Å². The van der Waals surface area contributed by atoms with Crippen molar-refractivity contribution in [2.75, 3.05) is 0 Å². The Balaban J connectivity index is 1.92. The van der Waals surface area contributed by atoms with Crippen molar-refractivity contribution in [2.24, 2.45) is 29.6 Å². The molecule has 3 aliphatic carbocycles. The predicted molar refractivity (Wildman–Crippen MR) is 105 cm³/mol. The Morgan fingerprint density at radius 3 is 2.04 bits per heavy atom. The van der Waals surface area contributed by atoms with Crippen molar-refractivity contribution in [2.45, 2.75) is 109 Å². The molecule has 0 aromatic rings. The Hall–Kier alpha value is 0.0649. The molecule has 3 fully saturated rings. The minimum atomic E-state index is 0.656. The first-order valence-electron chi connectivity index (χ1n) is 11.1. The second-order valence-electron chi connectivity index (χ2n) is 9.99. The maximum Gasteiger partial charge on any atom is 0.109 e. The van der Waals surface area contributed by atoms with Crippen molar-refractivity contribution in [3.8, 4) is 0 Å². The molecule has 0 spiro atoms. The number of fused-ring (bicyclic) bond motifs is 1. The fourth-order valence-electron chi connectivity index (χ4n) is 7.01. The molecule has 3 saturated carbocycles. The van der Waals surface area contributed by atoms with Gasteiger partial charge in [0, 0.05) is 0 Å². The molecule has 0 bridgehead atoms. The summed E-state index contributed by atoms with van der Waals surface area (Å²) in [6.45, 7) is 5.07. The van der Waals surface area contributed by atoms with E-state index in [1.807, 2.05) is 0 Å². The lowest BCUT2D eigenvalue weighted by molar-refractivity contribution is 0.0815. The number of hydrogen-bond acceptors (Lipinski definition) is 0. The lowest BCUT2D eigenvalue weighted by Gasteiger charge is -2.48. The molecule has 23 heavy (non-hydrogen) atoms. The summed E-state index contributed by atoms with van der Waals surface area (Å²) in [5.41, 5.74) is 0. The SMILES string of the molecule is BC1(C2C(C(C)C)CCCC3CCCCCC32)CCCCCC1. The summed E-state index contributed by atoms with van der Waals surface area (Å²) in [6, 6.07) is 0. The topological polar surface area (TPSA) is 0 Å². The van der Waals surface area contributed by atoms with Gasteiger partial charge in [-0.05, 0) is 42.4 Å². The van der Waals surface area contributed by atoms with Crippen LogP contribution in [0, 0.1) is 29.6 Å². The molecule has 1 heteroatoms. The van der Waals surface area contributed by atoms with Gasteiger partial charge < -0.3 is 0 Å². The van der Waals surface area contributed by atoms with E-state index < -0.39 is 0 Å². The molecule has 4 unspecified atom stereocenters.